The lowest BCUT2D eigenvalue weighted by Gasteiger charge is -2.35. The zero-order valence-corrected chi connectivity index (χ0v) is 14.2. The molecule has 0 atom stereocenters. The summed E-state index contributed by atoms with van der Waals surface area (Å²) in [6, 6.07) is 1.71. The Kier molecular flexibility index (Phi) is 4.79. The third kappa shape index (κ3) is 4.55. The van der Waals surface area contributed by atoms with Crippen molar-refractivity contribution in [1.29, 1.82) is 0 Å². The van der Waals surface area contributed by atoms with Crippen LogP contribution in [0.1, 0.15) is 59.2 Å². The Bertz CT molecular complexity index is 491. The van der Waals surface area contributed by atoms with Crippen LogP contribution >= 0.6 is 11.6 Å². The minimum absolute atomic E-state index is 0.154. The molecule has 1 aliphatic carbocycles. The highest BCUT2D eigenvalue weighted by Crippen LogP contribution is 2.32. The molecule has 0 saturated heterocycles. The van der Waals surface area contributed by atoms with Crippen LogP contribution in [0.5, 0.6) is 0 Å². The zero-order valence-electron chi connectivity index (χ0n) is 13.4. The van der Waals surface area contributed by atoms with Gasteiger partial charge in [0.1, 0.15) is 16.8 Å². The number of aliphatic hydroxyl groups is 1. The van der Waals surface area contributed by atoms with Crippen LogP contribution in [0.15, 0.2) is 6.07 Å². The highest BCUT2D eigenvalue weighted by atomic mass is 35.5. The van der Waals surface area contributed by atoms with Crippen LogP contribution in [0.4, 0.5) is 5.82 Å². The van der Waals surface area contributed by atoms with Gasteiger partial charge in [-0.1, -0.05) is 39.3 Å². The van der Waals surface area contributed by atoms with E-state index in [1.165, 1.54) is 0 Å². The molecule has 21 heavy (non-hydrogen) atoms. The summed E-state index contributed by atoms with van der Waals surface area (Å²) in [7, 11) is 0. The first kappa shape index (κ1) is 16.5. The van der Waals surface area contributed by atoms with Gasteiger partial charge in [0.25, 0.3) is 0 Å². The molecule has 118 valence electrons. The maximum atomic E-state index is 10.6. The molecule has 1 aromatic rings. The number of nitrogens with one attached hydrogen (secondary N) is 1. The van der Waals surface area contributed by atoms with Crippen molar-refractivity contribution in [1.82, 2.24) is 9.97 Å². The van der Waals surface area contributed by atoms with E-state index in [0.717, 1.165) is 25.7 Å². The minimum atomic E-state index is -0.633. The molecule has 0 unspecified atom stereocenters. The van der Waals surface area contributed by atoms with Crippen molar-refractivity contribution in [2.24, 2.45) is 5.92 Å². The SMILES string of the molecule is CC1CCC(O)(CNc2cc(Cl)nc(C(C)(C)C)n2)CC1. The summed E-state index contributed by atoms with van der Waals surface area (Å²) in [5, 5.41) is 14.3. The molecule has 0 aliphatic heterocycles. The number of hydrogen-bond acceptors (Lipinski definition) is 4. The molecule has 0 radical (unpaired) electrons. The molecular weight excluding hydrogens is 286 g/mol. The summed E-state index contributed by atoms with van der Waals surface area (Å²) in [5.41, 5.74) is -0.787. The second-order valence-electron chi connectivity index (χ2n) is 7.41. The summed E-state index contributed by atoms with van der Waals surface area (Å²) in [4.78, 5) is 8.80. The molecule has 0 amide bonds. The van der Waals surface area contributed by atoms with Crippen molar-refractivity contribution in [2.45, 2.75) is 64.4 Å². The van der Waals surface area contributed by atoms with E-state index >= 15 is 0 Å². The molecule has 0 aromatic carbocycles. The van der Waals surface area contributed by atoms with Gasteiger partial charge in [-0.15, -0.1) is 0 Å². The summed E-state index contributed by atoms with van der Waals surface area (Å²) in [5.74, 6) is 2.11. The van der Waals surface area contributed by atoms with Gasteiger partial charge in [0.05, 0.1) is 5.60 Å². The van der Waals surface area contributed by atoms with Crippen molar-refractivity contribution in [3.8, 4) is 0 Å². The average Bonchev–Trinajstić information content (AvgIpc) is 2.39. The molecule has 4 nitrogen and oxygen atoms in total. The number of halogens is 1. The predicted octanol–water partition coefficient (Wildman–Crippen LogP) is 3.78. The third-order valence-electron chi connectivity index (χ3n) is 4.17. The topological polar surface area (TPSA) is 58.0 Å². The van der Waals surface area contributed by atoms with Crippen molar-refractivity contribution in [3.63, 3.8) is 0 Å². The molecule has 2 rings (SSSR count). The summed E-state index contributed by atoms with van der Waals surface area (Å²) >= 11 is 6.08. The van der Waals surface area contributed by atoms with Crippen LogP contribution in [-0.4, -0.2) is 27.2 Å². The lowest BCUT2D eigenvalue weighted by atomic mass is 9.79. The number of nitrogens with zero attached hydrogens (tertiary/aromatic N) is 2. The van der Waals surface area contributed by atoms with Crippen molar-refractivity contribution < 1.29 is 5.11 Å². The van der Waals surface area contributed by atoms with E-state index in [9.17, 15) is 5.11 Å². The van der Waals surface area contributed by atoms with E-state index in [-0.39, 0.29) is 5.41 Å². The van der Waals surface area contributed by atoms with Gasteiger partial charge < -0.3 is 10.4 Å². The largest absolute Gasteiger partial charge is 0.388 e. The van der Waals surface area contributed by atoms with Crippen molar-refractivity contribution in [3.05, 3.63) is 17.0 Å². The molecule has 1 fully saturated rings. The number of rotatable bonds is 3. The molecular formula is C16H26ClN3O. The molecule has 5 heteroatoms. The van der Waals surface area contributed by atoms with Crippen LogP contribution in [0, 0.1) is 5.92 Å². The van der Waals surface area contributed by atoms with E-state index in [0.29, 0.717) is 29.3 Å². The highest BCUT2D eigenvalue weighted by molar-refractivity contribution is 6.29. The van der Waals surface area contributed by atoms with E-state index in [4.69, 9.17) is 11.6 Å². The number of hydrogen-bond donors (Lipinski definition) is 2. The Labute approximate surface area is 132 Å². The van der Waals surface area contributed by atoms with Crippen molar-refractivity contribution in [2.75, 3.05) is 11.9 Å². The number of anilines is 1. The molecule has 1 heterocycles. The van der Waals surface area contributed by atoms with Crippen LogP contribution in [0.3, 0.4) is 0 Å². The van der Waals surface area contributed by atoms with Gasteiger partial charge in [0, 0.05) is 18.0 Å². The fourth-order valence-corrected chi connectivity index (χ4v) is 2.76. The van der Waals surface area contributed by atoms with Gasteiger partial charge in [-0.05, 0) is 31.6 Å². The normalized spacial score (nSPS) is 26.7. The van der Waals surface area contributed by atoms with E-state index in [1.54, 1.807) is 6.07 Å². The van der Waals surface area contributed by atoms with Gasteiger partial charge in [-0.2, -0.15) is 0 Å². The molecule has 1 aliphatic rings. The Balaban J connectivity index is 2.05. The molecule has 2 N–H and O–H groups in total. The molecule has 1 saturated carbocycles. The zero-order chi connectivity index (χ0) is 15.7. The first-order chi connectivity index (χ1) is 9.68. The van der Waals surface area contributed by atoms with Crippen LogP contribution < -0.4 is 5.32 Å². The maximum Gasteiger partial charge on any atom is 0.137 e. The second kappa shape index (κ2) is 6.09. The van der Waals surface area contributed by atoms with Gasteiger partial charge >= 0.3 is 0 Å². The van der Waals surface area contributed by atoms with Crippen LogP contribution in [0.25, 0.3) is 0 Å². The van der Waals surface area contributed by atoms with E-state index < -0.39 is 5.60 Å². The van der Waals surface area contributed by atoms with Gasteiger partial charge in [0.2, 0.25) is 0 Å². The minimum Gasteiger partial charge on any atom is -0.388 e. The van der Waals surface area contributed by atoms with Crippen molar-refractivity contribution >= 4 is 17.4 Å². The van der Waals surface area contributed by atoms with Crippen LogP contribution in [0.2, 0.25) is 5.15 Å². The second-order valence-corrected chi connectivity index (χ2v) is 7.80. The Morgan fingerprint density at radius 2 is 1.95 bits per heavy atom. The summed E-state index contributed by atoms with van der Waals surface area (Å²) in [6.07, 6.45) is 3.84. The lowest BCUT2D eigenvalue weighted by molar-refractivity contribution is 0.00494. The predicted molar refractivity (Wildman–Crippen MR) is 86.8 cm³/mol. The first-order valence-electron chi connectivity index (χ1n) is 7.69. The fourth-order valence-electron chi connectivity index (χ4n) is 2.57. The van der Waals surface area contributed by atoms with Gasteiger partial charge in [-0.3, -0.25) is 0 Å². The quantitative estimate of drug-likeness (QED) is 0.834. The smallest absolute Gasteiger partial charge is 0.137 e. The Hall–Kier alpha value is -0.870. The van der Waals surface area contributed by atoms with E-state index in [2.05, 4.69) is 43.0 Å². The Morgan fingerprint density at radius 1 is 1.33 bits per heavy atom. The fraction of sp³-hybridized carbons (Fsp3) is 0.750. The molecule has 0 bridgehead atoms. The first-order valence-corrected chi connectivity index (χ1v) is 8.07. The standard InChI is InChI=1S/C16H26ClN3O/c1-11-5-7-16(21,8-6-11)10-18-13-9-12(17)19-14(20-13)15(2,3)4/h9,11,21H,5-8,10H2,1-4H3,(H,18,19,20). The molecule has 1 aromatic heterocycles. The monoisotopic (exact) mass is 311 g/mol. The lowest BCUT2D eigenvalue weighted by Crippen LogP contribution is -2.40. The van der Waals surface area contributed by atoms with Gasteiger partial charge in [0.15, 0.2) is 0 Å². The Morgan fingerprint density at radius 3 is 2.52 bits per heavy atom. The van der Waals surface area contributed by atoms with E-state index in [1.807, 2.05) is 0 Å². The number of aromatic nitrogens is 2. The summed E-state index contributed by atoms with van der Waals surface area (Å²) < 4.78 is 0. The highest BCUT2D eigenvalue weighted by Gasteiger charge is 2.31. The molecule has 0 spiro atoms. The third-order valence-corrected chi connectivity index (χ3v) is 4.36. The summed E-state index contributed by atoms with van der Waals surface area (Å²) in [6.45, 7) is 8.92. The average molecular weight is 312 g/mol. The van der Waals surface area contributed by atoms with Gasteiger partial charge in [-0.25, -0.2) is 9.97 Å². The maximum absolute atomic E-state index is 10.6. The van der Waals surface area contributed by atoms with Crippen LogP contribution in [-0.2, 0) is 5.41 Å².